The molecule has 1 atom stereocenters. The van der Waals surface area contributed by atoms with Crippen molar-refractivity contribution in [2.24, 2.45) is 0 Å². The van der Waals surface area contributed by atoms with E-state index in [1.165, 1.54) is 18.4 Å². The lowest BCUT2D eigenvalue weighted by Crippen LogP contribution is -2.38. The van der Waals surface area contributed by atoms with Crippen molar-refractivity contribution in [3.8, 4) is 0 Å². The highest BCUT2D eigenvalue weighted by Gasteiger charge is 2.23. The molecule has 0 unspecified atom stereocenters. The Hall–Kier alpha value is -1.10. The van der Waals surface area contributed by atoms with Crippen LogP contribution in [0, 0.1) is 0 Å². The van der Waals surface area contributed by atoms with Crippen LogP contribution in [0.3, 0.4) is 0 Å². The third-order valence-electron chi connectivity index (χ3n) is 3.88. The van der Waals surface area contributed by atoms with E-state index in [1.807, 2.05) is 38.1 Å². The lowest BCUT2D eigenvalue weighted by molar-refractivity contribution is -0.127. The van der Waals surface area contributed by atoms with Gasteiger partial charge >= 0.3 is 0 Å². The van der Waals surface area contributed by atoms with E-state index in [4.69, 9.17) is 16.3 Å². The van der Waals surface area contributed by atoms with Crippen molar-refractivity contribution in [3.05, 3.63) is 34.9 Å². The summed E-state index contributed by atoms with van der Waals surface area (Å²) >= 11 is 5.97. The number of benzene rings is 1. The average molecular weight is 325 g/mol. The van der Waals surface area contributed by atoms with Crippen molar-refractivity contribution < 1.29 is 9.53 Å². The van der Waals surface area contributed by atoms with Crippen LogP contribution in [0.1, 0.15) is 38.3 Å². The van der Waals surface area contributed by atoms with Gasteiger partial charge in [-0.15, -0.1) is 0 Å². The Balaban J connectivity index is 1.96. The van der Waals surface area contributed by atoms with Crippen LogP contribution in [0.5, 0.6) is 0 Å². The molecule has 4 nitrogen and oxygen atoms in total. The fraction of sp³-hybridized carbons (Fsp3) is 0.588. The van der Waals surface area contributed by atoms with Gasteiger partial charge in [0.15, 0.2) is 0 Å². The van der Waals surface area contributed by atoms with Crippen molar-refractivity contribution in [2.45, 2.75) is 38.8 Å². The van der Waals surface area contributed by atoms with E-state index >= 15 is 0 Å². The SMILES string of the molecule is CC(C)OCC(=O)NC[C@@H](c1ccc(Cl)cc1)N1CCCC1. The fourth-order valence-electron chi connectivity index (χ4n) is 2.70. The summed E-state index contributed by atoms with van der Waals surface area (Å²) in [4.78, 5) is 14.3. The van der Waals surface area contributed by atoms with E-state index in [-0.39, 0.29) is 24.7 Å². The lowest BCUT2D eigenvalue weighted by Gasteiger charge is -2.28. The van der Waals surface area contributed by atoms with Crippen LogP contribution in [0.15, 0.2) is 24.3 Å². The smallest absolute Gasteiger partial charge is 0.246 e. The Labute approximate surface area is 137 Å². The number of hydrogen-bond donors (Lipinski definition) is 1. The molecule has 0 saturated carbocycles. The molecule has 1 aliphatic rings. The molecule has 1 heterocycles. The Morgan fingerprint density at radius 1 is 1.27 bits per heavy atom. The first-order valence-electron chi connectivity index (χ1n) is 7.94. The van der Waals surface area contributed by atoms with Crippen molar-refractivity contribution in [2.75, 3.05) is 26.2 Å². The normalized spacial score (nSPS) is 16.9. The minimum atomic E-state index is -0.0631. The van der Waals surface area contributed by atoms with Crippen molar-refractivity contribution >= 4 is 17.5 Å². The van der Waals surface area contributed by atoms with Gasteiger partial charge in [0.25, 0.3) is 0 Å². The first-order valence-corrected chi connectivity index (χ1v) is 8.32. The zero-order valence-electron chi connectivity index (χ0n) is 13.3. The summed E-state index contributed by atoms with van der Waals surface area (Å²) in [7, 11) is 0. The highest BCUT2D eigenvalue weighted by molar-refractivity contribution is 6.30. The van der Waals surface area contributed by atoms with Crippen LogP contribution in [-0.2, 0) is 9.53 Å². The number of halogens is 1. The number of hydrogen-bond acceptors (Lipinski definition) is 3. The fourth-order valence-corrected chi connectivity index (χ4v) is 2.83. The van der Waals surface area contributed by atoms with Gasteiger partial charge in [-0.2, -0.15) is 0 Å². The van der Waals surface area contributed by atoms with E-state index in [1.54, 1.807) is 0 Å². The zero-order valence-corrected chi connectivity index (χ0v) is 14.1. The van der Waals surface area contributed by atoms with E-state index in [9.17, 15) is 4.79 Å². The predicted molar refractivity (Wildman–Crippen MR) is 89.1 cm³/mol. The molecule has 0 bridgehead atoms. The van der Waals surface area contributed by atoms with Crippen LogP contribution in [-0.4, -0.2) is 43.2 Å². The Morgan fingerprint density at radius 3 is 2.50 bits per heavy atom. The Kier molecular flexibility index (Phi) is 6.68. The molecule has 1 aliphatic heterocycles. The summed E-state index contributed by atoms with van der Waals surface area (Å²) in [5.74, 6) is -0.0631. The van der Waals surface area contributed by atoms with Gasteiger partial charge < -0.3 is 10.1 Å². The van der Waals surface area contributed by atoms with Crippen LogP contribution >= 0.6 is 11.6 Å². The Morgan fingerprint density at radius 2 is 1.91 bits per heavy atom. The molecule has 1 aromatic carbocycles. The summed E-state index contributed by atoms with van der Waals surface area (Å²) in [5.41, 5.74) is 1.19. The molecule has 0 radical (unpaired) electrons. The second-order valence-corrected chi connectivity index (χ2v) is 6.41. The molecule has 0 spiro atoms. The van der Waals surface area contributed by atoms with Gasteiger partial charge in [-0.25, -0.2) is 0 Å². The molecule has 22 heavy (non-hydrogen) atoms. The average Bonchev–Trinajstić information content (AvgIpc) is 3.01. The molecule has 1 fully saturated rings. The molecular weight excluding hydrogens is 300 g/mol. The monoisotopic (exact) mass is 324 g/mol. The van der Waals surface area contributed by atoms with E-state index in [2.05, 4.69) is 10.2 Å². The summed E-state index contributed by atoms with van der Waals surface area (Å²) in [6.07, 6.45) is 2.50. The number of carbonyl (C=O) groups is 1. The second-order valence-electron chi connectivity index (χ2n) is 5.97. The third kappa shape index (κ3) is 5.27. The number of amides is 1. The van der Waals surface area contributed by atoms with Crippen LogP contribution in [0.2, 0.25) is 5.02 Å². The van der Waals surface area contributed by atoms with Crippen molar-refractivity contribution in [1.29, 1.82) is 0 Å². The maximum atomic E-state index is 11.9. The summed E-state index contributed by atoms with van der Waals surface area (Å²) in [6, 6.07) is 8.10. The maximum Gasteiger partial charge on any atom is 0.246 e. The van der Waals surface area contributed by atoms with E-state index < -0.39 is 0 Å². The topological polar surface area (TPSA) is 41.6 Å². The molecular formula is C17H25ClN2O2. The van der Waals surface area contributed by atoms with Gasteiger partial charge in [0.05, 0.1) is 12.1 Å². The number of nitrogens with one attached hydrogen (secondary N) is 1. The van der Waals surface area contributed by atoms with Gasteiger partial charge in [0, 0.05) is 11.6 Å². The van der Waals surface area contributed by atoms with E-state index in [0.29, 0.717) is 6.54 Å². The molecule has 0 aliphatic carbocycles. The standard InChI is InChI=1S/C17H25ClN2O2/c1-13(2)22-12-17(21)19-11-16(20-9-3-4-10-20)14-5-7-15(18)8-6-14/h5-8,13,16H,3-4,9-12H2,1-2H3,(H,19,21)/t16-/m0/s1. The maximum absolute atomic E-state index is 11.9. The number of nitrogens with zero attached hydrogens (tertiary/aromatic N) is 1. The molecule has 1 N–H and O–H groups in total. The van der Waals surface area contributed by atoms with Crippen molar-refractivity contribution in [3.63, 3.8) is 0 Å². The first kappa shape index (κ1) is 17.3. The van der Waals surface area contributed by atoms with Gasteiger partial charge in [-0.3, -0.25) is 9.69 Å². The second kappa shape index (κ2) is 8.51. The molecule has 0 aromatic heterocycles. The zero-order chi connectivity index (χ0) is 15.9. The van der Waals surface area contributed by atoms with Crippen LogP contribution in [0.4, 0.5) is 0 Å². The molecule has 5 heteroatoms. The summed E-state index contributed by atoms with van der Waals surface area (Å²) in [6.45, 7) is 6.71. The van der Waals surface area contributed by atoms with Crippen molar-refractivity contribution in [1.82, 2.24) is 10.2 Å². The number of likely N-dealkylation sites (tertiary alicyclic amines) is 1. The molecule has 1 aromatic rings. The van der Waals surface area contributed by atoms with Gasteiger partial charge in [0.1, 0.15) is 6.61 Å². The van der Waals surface area contributed by atoms with Crippen LogP contribution < -0.4 is 5.32 Å². The van der Waals surface area contributed by atoms with Crippen LogP contribution in [0.25, 0.3) is 0 Å². The highest BCUT2D eigenvalue weighted by atomic mass is 35.5. The predicted octanol–water partition coefficient (Wildman–Crippen LogP) is 3.02. The third-order valence-corrected chi connectivity index (χ3v) is 4.13. The van der Waals surface area contributed by atoms with E-state index in [0.717, 1.165) is 18.1 Å². The highest BCUT2D eigenvalue weighted by Crippen LogP contribution is 2.25. The van der Waals surface area contributed by atoms with Gasteiger partial charge in [-0.05, 0) is 57.5 Å². The molecule has 2 rings (SSSR count). The van der Waals surface area contributed by atoms with Gasteiger partial charge in [0.2, 0.25) is 5.91 Å². The summed E-state index contributed by atoms with van der Waals surface area (Å²) < 4.78 is 5.34. The number of rotatable bonds is 7. The Bertz CT molecular complexity index is 470. The van der Waals surface area contributed by atoms with Gasteiger partial charge in [-0.1, -0.05) is 23.7 Å². The molecule has 1 amide bonds. The molecule has 1 saturated heterocycles. The minimum absolute atomic E-state index is 0.0631. The lowest BCUT2D eigenvalue weighted by atomic mass is 10.1. The first-order chi connectivity index (χ1) is 10.6. The largest absolute Gasteiger partial charge is 0.369 e. The summed E-state index contributed by atoms with van der Waals surface area (Å²) in [5, 5.41) is 3.72. The number of ether oxygens (including phenoxy) is 1. The number of carbonyl (C=O) groups excluding carboxylic acids is 1. The molecule has 122 valence electrons. The minimum Gasteiger partial charge on any atom is -0.369 e. The quantitative estimate of drug-likeness (QED) is 0.838.